The maximum Gasteiger partial charge on any atom is 0.249 e. The normalized spacial score (nSPS) is 12.9. The van der Waals surface area contributed by atoms with Gasteiger partial charge in [0, 0.05) is 0 Å². The number of benzene rings is 2. The molecule has 6 nitrogen and oxygen atoms in total. The smallest absolute Gasteiger partial charge is 0.249 e. The molecule has 0 saturated heterocycles. The molecule has 2 rings (SSSR count). The molecule has 0 unspecified atom stereocenters. The lowest BCUT2D eigenvalue weighted by Crippen LogP contribution is -2.42. The number of carbonyl (C=O) groups excluding carboxylic acids is 2. The van der Waals surface area contributed by atoms with Crippen molar-refractivity contribution in [3.05, 3.63) is 65.7 Å². The molecule has 0 spiro atoms. The predicted molar refractivity (Wildman–Crippen MR) is 93.8 cm³/mol. The van der Waals surface area contributed by atoms with E-state index in [-0.39, 0.29) is 6.61 Å². The van der Waals surface area contributed by atoms with E-state index in [2.05, 4.69) is 5.32 Å². The molecule has 0 fully saturated rings. The average molecular weight is 342 g/mol. The van der Waals surface area contributed by atoms with E-state index >= 15 is 0 Å². The molecule has 0 aliphatic carbocycles. The standard InChI is InChI=1S/C19H22N2O4/c1-13(25-12-14-7-6-10-16(11-14)24-2)19(23)21-17(18(20)22)15-8-4-3-5-9-15/h3-11,13,17H,12H2,1-2H3,(H2,20,22)(H,21,23)/t13-,17+/m0/s1. The molecular formula is C19H22N2O4. The Morgan fingerprint density at radius 1 is 1.12 bits per heavy atom. The van der Waals surface area contributed by atoms with Crippen LogP contribution in [0.3, 0.4) is 0 Å². The van der Waals surface area contributed by atoms with Crippen molar-refractivity contribution in [1.29, 1.82) is 0 Å². The average Bonchev–Trinajstić information content (AvgIpc) is 2.64. The summed E-state index contributed by atoms with van der Waals surface area (Å²) in [5.74, 6) is -0.314. The van der Waals surface area contributed by atoms with Gasteiger partial charge in [0.2, 0.25) is 11.8 Å². The SMILES string of the molecule is COc1cccc(CO[C@@H](C)C(=O)N[C@@H](C(N)=O)c2ccccc2)c1. The van der Waals surface area contributed by atoms with Gasteiger partial charge in [-0.25, -0.2) is 0 Å². The summed E-state index contributed by atoms with van der Waals surface area (Å²) in [6.07, 6.45) is -0.739. The van der Waals surface area contributed by atoms with Crippen LogP contribution in [0.25, 0.3) is 0 Å². The molecule has 0 aromatic heterocycles. The fourth-order valence-electron chi connectivity index (χ4n) is 2.28. The van der Waals surface area contributed by atoms with Gasteiger partial charge in [-0.3, -0.25) is 9.59 Å². The van der Waals surface area contributed by atoms with Crippen LogP contribution >= 0.6 is 0 Å². The highest BCUT2D eigenvalue weighted by Crippen LogP contribution is 2.15. The Hall–Kier alpha value is -2.86. The molecule has 3 N–H and O–H groups in total. The fraction of sp³-hybridized carbons (Fsp3) is 0.263. The molecular weight excluding hydrogens is 320 g/mol. The first-order valence-electron chi connectivity index (χ1n) is 7.90. The highest BCUT2D eigenvalue weighted by atomic mass is 16.5. The number of carbonyl (C=O) groups is 2. The van der Waals surface area contributed by atoms with Gasteiger partial charge in [0.25, 0.3) is 0 Å². The van der Waals surface area contributed by atoms with Crippen LogP contribution in [0.15, 0.2) is 54.6 Å². The van der Waals surface area contributed by atoms with Crippen molar-refractivity contribution in [2.24, 2.45) is 5.73 Å². The van der Waals surface area contributed by atoms with Gasteiger partial charge in [-0.05, 0) is 30.2 Å². The second kappa shape index (κ2) is 8.84. The molecule has 2 amide bonds. The Morgan fingerprint density at radius 3 is 2.48 bits per heavy atom. The van der Waals surface area contributed by atoms with Crippen molar-refractivity contribution >= 4 is 11.8 Å². The van der Waals surface area contributed by atoms with Gasteiger partial charge in [0.15, 0.2) is 0 Å². The largest absolute Gasteiger partial charge is 0.497 e. The van der Waals surface area contributed by atoms with Crippen LogP contribution in [0.4, 0.5) is 0 Å². The zero-order valence-corrected chi connectivity index (χ0v) is 14.3. The van der Waals surface area contributed by atoms with Gasteiger partial charge in [-0.1, -0.05) is 42.5 Å². The van der Waals surface area contributed by atoms with Crippen LogP contribution in [0.2, 0.25) is 0 Å². The molecule has 2 atom stereocenters. The Labute approximate surface area is 146 Å². The van der Waals surface area contributed by atoms with Crippen LogP contribution in [-0.2, 0) is 20.9 Å². The summed E-state index contributed by atoms with van der Waals surface area (Å²) < 4.78 is 10.7. The Balaban J connectivity index is 1.95. The highest BCUT2D eigenvalue weighted by molar-refractivity contribution is 5.89. The van der Waals surface area contributed by atoms with Crippen LogP contribution in [0, 0.1) is 0 Å². The van der Waals surface area contributed by atoms with E-state index < -0.39 is 24.0 Å². The molecule has 0 saturated carbocycles. The maximum atomic E-state index is 12.3. The lowest BCUT2D eigenvalue weighted by Gasteiger charge is -2.19. The van der Waals surface area contributed by atoms with Crippen molar-refractivity contribution in [3.8, 4) is 5.75 Å². The minimum absolute atomic E-state index is 0.248. The third kappa shape index (κ3) is 5.32. The Bertz CT molecular complexity index is 718. The summed E-state index contributed by atoms with van der Waals surface area (Å²) in [5, 5.41) is 2.63. The second-order valence-electron chi connectivity index (χ2n) is 5.56. The monoisotopic (exact) mass is 342 g/mol. The van der Waals surface area contributed by atoms with Gasteiger partial charge >= 0.3 is 0 Å². The summed E-state index contributed by atoms with van der Waals surface area (Å²) in [7, 11) is 1.59. The topological polar surface area (TPSA) is 90.7 Å². The van der Waals surface area contributed by atoms with Crippen molar-refractivity contribution < 1.29 is 19.1 Å². The third-order valence-corrected chi connectivity index (χ3v) is 3.71. The van der Waals surface area contributed by atoms with Crippen LogP contribution in [0.5, 0.6) is 5.75 Å². The summed E-state index contributed by atoms with van der Waals surface area (Å²) in [6, 6.07) is 15.3. The number of methoxy groups -OCH3 is 1. The number of nitrogens with two attached hydrogens (primary N) is 1. The number of primary amides is 1. The minimum atomic E-state index is -0.892. The van der Waals surface area contributed by atoms with Gasteiger partial charge in [0.05, 0.1) is 13.7 Å². The lowest BCUT2D eigenvalue weighted by atomic mass is 10.1. The Kier molecular flexibility index (Phi) is 6.54. The van der Waals surface area contributed by atoms with E-state index in [1.165, 1.54) is 0 Å². The summed E-state index contributed by atoms with van der Waals surface area (Å²) in [6.45, 7) is 1.87. The molecule has 2 aromatic rings. The van der Waals surface area contributed by atoms with E-state index in [1.807, 2.05) is 30.3 Å². The van der Waals surface area contributed by atoms with Gasteiger partial charge in [-0.15, -0.1) is 0 Å². The van der Waals surface area contributed by atoms with Crippen molar-refractivity contribution in [2.75, 3.05) is 7.11 Å². The molecule has 0 aliphatic rings. The minimum Gasteiger partial charge on any atom is -0.497 e. The second-order valence-corrected chi connectivity index (χ2v) is 5.56. The summed E-state index contributed by atoms with van der Waals surface area (Å²) in [5.41, 5.74) is 6.92. The first-order chi connectivity index (χ1) is 12.0. The fourth-order valence-corrected chi connectivity index (χ4v) is 2.28. The lowest BCUT2D eigenvalue weighted by molar-refractivity contribution is -0.135. The van der Waals surface area contributed by atoms with Crippen LogP contribution < -0.4 is 15.8 Å². The molecule has 0 aliphatic heterocycles. The quantitative estimate of drug-likeness (QED) is 0.767. The number of hydrogen-bond donors (Lipinski definition) is 2. The number of nitrogens with one attached hydrogen (secondary N) is 1. The zero-order chi connectivity index (χ0) is 18.2. The summed E-state index contributed by atoms with van der Waals surface area (Å²) in [4.78, 5) is 24.0. The predicted octanol–water partition coefficient (Wildman–Crippen LogP) is 1.94. The van der Waals surface area contributed by atoms with E-state index in [0.717, 1.165) is 11.3 Å². The van der Waals surface area contributed by atoms with Gasteiger partial charge < -0.3 is 20.5 Å². The molecule has 0 bridgehead atoms. The molecule has 2 aromatic carbocycles. The number of rotatable bonds is 8. The first kappa shape index (κ1) is 18.5. The first-order valence-corrected chi connectivity index (χ1v) is 7.90. The van der Waals surface area contributed by atoms with Crippen LogP contribution in [-0.4, -0.2) is 25.0 Å². The molecule has 0 heterocycles. The molecule has 6 heteroatoms. The summed E-state index contributed by atoms with van der Waals surface area (Å²) >= 11 is 0. The van der Waals surface area contributed by atoms with E-state index in [0.29, 0.717) is 5.56 Å². The van der Waals surface area contributed by atoms with E-state index in [9.17, 15) is 9.59 Å². The van der Waals surface area contributed by atoms with Gasteiger partial charge in [0.1, 0.15) is 17.9 Å². The number of amides is 2. The zero-order valence-electron chi connectivity index (χ0n) is 14.3. The number of hydrogen-bond acceptors (Lipinski definition) is 4. The molecule has 0 radical (unpaired) electrons. The van der Waals surface area contributed by atoms with Gasteiger partial charge in [-0.2, -0.15) is 0 Å². The number of ether oxygens (including phenoxy) is 2. The molecule has 132 valence electrons. The van der Waals surface area contributed by atoms with Crippen molar-refractivity contribution in [3.63, 3.8) is 0 Å². The van der Waals surface area contributed by atoms with E-state index in [4.69, 9.17) is 15.2 Å². The van der Waals surface area contributed by atoms with E-state index in [1.54, 1.807) is 38.3 Å². The van der Waals surface area contributed by atoms with Crippen LogP contribution in [0.1, 0.15) is 24.1 Å². The highest BCUT2D eigenvalue weighted by Gasteiger charge is 2.23. The molecule has 25 heavy (non-hydrogen) atoms. The Morgan fingerprint density at radius 2 is 1.84 bits per heavy atom. The van der Waals surface area contributed by atoms with Crippen molar-refractivity contribution in [2.45, 2.75) is 25.7 Å². The van der Waals surface area contributed by atoms with Crippen molar-refractivity contribution in [1.82, 2.24) is 5.32 Å². The maximum absolute atomic E-state index is 12.3. The third-order valence-electron chi connectivity index (χ3n) is 3.71.